The van der Waals surface area contributed by atoms with Crippen LogP contribution in [0, 0.1) is 5.82 Å². The van der Waals surface area contributed by atoms with Crippen LogP contribution in [0.25, 0.3) is 22.4 Å². The van der Waals surface area contributed by atoms with Gasteiger partial charge in [0.1, 0.15) is 5.82 Å². The van der Waals surface area contributed by atoms with Crippen molar-refractivity contribution in [1.82, 2.24) is 4.98 Å². The van der Waals surface area contributed by atoms with Crippen LogP contribution in [-0.2, 0) is 0 Å². The van der Waals surface area contributed by atoms with Crippen molar-refractivity contribution in [3.63, 3.8) is 0 Å². The van der Waals surface area contributed by atoms with E-state index in [1.54, 1.807) is 48.5 Å². The fourth-order valence-corrected chi connectivity index (χ4v) is 2.64. The quantitative estimate of drug-likeness (QED) is 0.593. The highest BCUT2D eigenvalue weighted by Crippen LogP contribution is 2.21. The minimum absolute atomic E-state index is 0.204. The van der Waals surface area contributed by atoms with E-state index in [9.17, 15) is 14.0 Å². The monoisotopic (exact) mass is 360 g/mol. The van der Waals surface area contributed by atoms with Crippen LogP contribution in [0.3, 0.4) is 0 Å². The minimum atomic E-state index is -0.454. The molecule has 0 atom stereocenters. The summed E-state index contributed by atoms with van der Waals surface area (Å²) in [6.45, 7) is 0. The average molecular weight is 360 g/mol. The van der Waals surface area contributed by atoms with E-state index in [2.05, 4.69) is 10.3 Å². The van der Waals surface area contributed by atoms with Gasteiger partial charge in [0, 0.05) is 16.8 Å². The lowest BCUT2D eigenvalue weighted by Gasteiger charge is -2.06. The zero-order valence-corrected chi connectivity index (χ0v) is 14.0. The summed E-state index contributed by atoms with van der Waals surface area (Å²) < 4.78 is 18.2. The second kappa shape index (κ2) is 6.84. The maximum absolute atomic E-state index is 12.9. The minimum Gasteiger partial charge on any atom is -0.403 e. The summed E-state index contributed by atoms with van der Waals surface area (Å²) in [5, 5.41) is 3.14. The number of para-hydroxylation sites is 1. The van der Waals surface area contributed by atoms with Crippen LogP contribution in [0.1, 0.15) is 10.4 Å². The fraction of sp³-hybridized carbons (Fsp3) is 0. The fourth-order valence-electron chi connectivity index (χ4n) is 2.64. The normalized spacial score (nSPS) is 10.7. The van der Waals surface area contributed by atoms with Crippen molar-refractivity contribution >= 4 is 22.5 Å². The van der Waals surface area contributed by atoms with Crippen molar-refractivity contribution in [2.24, 2.45) is 0 Å². The molecular weight excluding hydrogens is 347 g/mol. The van der Waals surface area contributed by atoms with Crippen LogP contribution in [-0.4, -0.2) is 10.9 Å². The largest absolute Gasteiger partial charge is 0.403 e. The highest BCUT2D eigenvalue weighted by Gasteiger charge is 2.10. The molecule has 5 nitrogen and oxygen atoms in total. The van der Waals surface area contributed by atoms with Crippen LogP contribution in [0.4, 0.5) is 10.1 Å². The number of nitrogens with zero attached hydrogens (tertiary/aromatic N) is 1. The van der Waals surface area contributed by atoms with Gasteiger partial charge in [0.2, 0.25) is 5.89 Å². The van der Waals surface area contributed by atoms with Crippen LogP contribution in [0.15, 0.2) is 82.0 Å². The first-order valence-corrected chi connectivity index (χ1v) is 8.17. The van der Waals surface area contributed by atoms with E-state index in [1.165, 1.54) is 24.3 Å². The smallest absolute Gasteiger partial charge is 0.347 e. The Kier molecular flexibility index (Phi) is 4.22. The summed E-state index contributed by atoms with van der Waals surface area (Å²) >= 11 is 0. The molecule has 132 valence electrons. The number of rotatable bonds is 3. The number of carbonyl (C=O) groups excluding carboxylic acids is 1. The zero-order chi connectivity index (χ0) is 18.8. The Morgan fingerprint density at radius 2 is 1.63 bits per heavy atom. The van der Waals surface area contributed by atoms with Crippen molar-refractivity contribution in [2.45, 2.75) is 0 Å². The highest BCUT2D eigenvalue weighted by molar-refractivity contribution is 6.04. The van der Waals surface area contributed by atoms with E-state index in [4.69, 9.17) is 4.42 Å². The molecule has 4 rings (SSSR count). The lowest BCUT2D eigenvalue weighted by molar-refractivity contribution is 0.102. The number of anilines is 1. The Balaban J connectivity index is 1.58. The van der Waals surface area contributed by atoms with Crippen LogP contribution in [0.2, 0.25) is 0 Å². The Labute approximate surface area is 153 Å². The first-order chi connectivity index (χ1) is 13.1. The van der Waals surface area contributed by atoms with Gasteiger partial charge < -0.3 is 9.73 Å². The summed E-state index contributed by atoms with van der Waals surface area (Å²) in [5.74, 6) is -0.548. The maximum atomic E-state index is 12.9. The molecule has 1 N–H and O–H groups in total. The van der Waals surface area contributed by atoms with Crippen molar-refractivity contribution < 1.29 is 13.6 Å². The van der Waals surface area contributed by atoms with Gasteiger partial charge >= 0.3 is 5.63 Å². The third kappa shape index (κ3) is 3.46. The summed E-state index contributed by atoms with van der Waals surface area (Å²) in [7, 11) is 0. The zero-order valence-electron chi connectivity index (χ0n) is 14.0. The topological polar surface area (TPSA) is 72.2 Å². The predicted octanol–water partition coefficient (Wildman–Crippen LogP) is 4.25. The molecule has 0 aliphatic heterocycles. The number of nitrogens with one attached hydrogen (secondary N) is 1. The Bertz CT molecular complexity index is 1180. The van der Waals surface area contributed by atoms with Crippen molar-refractivity contribution in [1.29, 1.82) is 0 Å². The number of amides is 1. The van der Waals surface area contributed by atoms with Gasteiger partial charge in [-0.05, 0) is 60.7 Å². The van der Waals surface area contributed by atoms with E-state index in [-0.39, 0.29) is 11.8 Å². The molecule has 0 spiro atoms. The molecule has 4 aromatic rings. The number of carbonyl (C=O) groups is 1. The molecule has 0 saturated carbocycles. The number of fused-ring (bicyclic) bond motifs is 1. The van der Waals surface area contributed by atoms with Gasteiger partial charge in [0.15, 0.2) is 0 Å². The molecule has 0 unspecified atom stereocenters. The summed E-state index contributed by atoms with van der Waals surface area (Å²) in [5.41, 5.74) is 1.61. The van der Waals surface area contributed by atoms with Gasteiger partial charge in [0.25, 0.3) is 5.91 Å². The Morgan fingerprint density at radius 3 is 2.37 bits per heavy atom. The van der Waals surface area contributed by atoms with Gasteiger partial charge in [-0.2, -0.15) is 0 Å². The van der Waals surface area contributed by atoms with E-state index in [1.807, 2.05) is 0 Å². The standard InChI is InChI=1S/C21H13FN2O3/c22-15-9-5-13(6-10-15)19(25)23-16-11-7-14(8-12-16)20-24-18-4-2-1-3-17(18)21(26)27-20/h1-12H,(H,23,25). The highest BCUT2D eigenvalue weighted by atomic mass is 19.1. The molecule has 1 heterocycles. The molecule has 1 aromatic heterocycles. The van der Waals surface area contributed by atoms with Crippen LogP contribution >= 0.6 is 0 Å². The number of halogens is 1. The maximum Gasteiger partial charge on any atom is 0.347 e. The molecule has 1 amide bonds. The van der Waals surface area contributed by atoms with Crippen molar-refractivity contribution in [3.05, 3.63) is 94.6 Å². The predicted molar refractivity (Wildman–Crippen MR) is 100 cm³/mol. The van der Waals surface area contributed by atoms with Gasteiger partial charge in [-0.15, -0.1) is 0 Å². The summed E-state index contributed by atoms with van der Waals surface area (Å²) in [6, 6.07) is 19.0. The summed E-state index contributed by atoms with van der Waals surface area (Å²) in [6.07, 6.45) is 0. The van der Waals surface area contributed by atoms with Crippen molar-refractivity contribution in [3.8, 4) is 11.5 Å². The average Bonchev–Trinajstić information content (AvgIpc) is 2.69. The molecule has 0 fully saturated rings. The van der Waals surface area contributed by atoms with Crippen molar-refractivity contribution in [2.75, 3.05) is 5.32 Å². The van der Waals surface area contributed by atoms with Gasteiger partial charge in [-0.3, -0.25) is 4.79 Å². The van der Waals surface area contributed by atoms with Crippen LogP contribution in [0.5, 0.6) is 0 Å². The molecule has 6 heteroatoms. The molecular formula is C21H13FN2O3. The first kappa shape index (κ1) is 16.7. The molecule has 0 bridgehead atoms. The second-order valence-corrected chi connectivity index (χ2v) is 5.86. The lowest BCUT2D eigenvalue weighted by atomic mass is 10.1. The SMILES string of the molecule is O=C(Nc1ccc(-c2nc3ccccc3c(=O)o2)cc1)c1ccc(F)cc1. The van der Waals surface area contributed by atoms with Crippen LogP contribution < -0.4 is 10.9 Å². The van der Waals surface area contributed by atoms with Gasteiger partial charge in [0.05, 0.1) is 10.9 Å². The molecule has 0 aliphatic rings. The van der Waals surface area contributed by atoms with Gasteiger partial charge in [-0.1, -0.05) is 12.1 Å². The van der Waals surface area contributed by atoms with Gasteiger partial charge in [-0.25, -0.2) is 14.2 Å². The molecule has 0 saturated heterocycles. The number of aromatic nitrogens is 1. The molecule has 3 aromatic carbocycles. The summed E-state index contributed by atoms with van der Waals surface area (Å²) in [4.78, 5) is 28.6. The number of hydrogen-bond donors (Lipinski definition) is 1. The first-order valence-electron chi connectivity index (χ1n) is 8.17. The third-order valence-electron chi connectivity index (χ3n) is 4.03. The Morgan fingerprint density at radius 1 is 0.926 bits per heavy atom. The van der Waals surface area contributed by atoms with E-state index in [0.29, 0.717) is 27.7 Å². The molecule has 0 radical (unpaired) electrons. The number of hydrogen-bond acceptors (Lipinski definition) is 4. The molecule has 0 aliphatic carbocycles. The Hall–Kier alpha value is -3.80. The number of benzene rings is 3. The van der Waals surface area contributed by atoms with E-state index in [0.717, 1.165) is 0 Å². The second-order valence-electron chi connectivity index (χ2n) is 5.86. The van der Waals surface area contributed by atoms with E-state index < -0.39 is 11.4 Å². The van der Waals surface area contributed by atoms with E-state index >= 15 is 0 Å². The molecule has 27 heavy (non-hydrogen) atoms. The third-order valence-corrected chi connectivity index (χ3v) is 4.03. The lowest BCUT2D eigenvalue weighted by Crippen LogP contribution is -2.11.